The maximum absolute atomic E-state index is 12.0. The summed E-state index contributed by atoms with van der Waals surface area (Å²) < 4.78 is 47.1. The van der Waals surface area contributed by atoms with Crippen molar-refractivity contribution >= 4 is 7.37 Å². The summed E-state index contributed by atoms with van der Waals surface area (Å²) in [5.41, 5.74) is 0. The normalized spacial score (nSPS) is 23.5. The molecular weight excluding hydrogens is 240 g/mol. The van der Waals surface area contributed by atoms with Crippen molar-refractivity contribution in [3.8, 4) is 0 Å². The van der Waals surface area contributed by atoms with Gasteiger partial charge in [-0.3, -0.25) is 4.57 Å². The van der Waals surface area contributed by atoms with E-state index in [2.05, 4.69) is 0 Å². The summed E-state index contributed by atoms with van der Waals surface area (Å²) in [7, 11) is -4.19. The highest BCUT2D eigenvalue weighted by molar-refractivity contribution is 7.61. The molecule has 0 radical (unpaired) electrons. The predicted octanol–water partition coefficient (Wildman–Crippen LogP) is 3.91. The van der Waals surface area contributed by atoms with Crippen LogP contribution in [0.1, 0.15) is 32.1 Å². The summed E-state index contributed by atoms with van der Waals surface area (Å²) in [6.07, 6.45) is 0.332. The van der Waals surface area contributed by atoms with Crippen LogP contribution in [0.2, 0.25) is 0 Å². The summed E-state index contributed by atoms with van der Waals surface area (Å²) in [5.74, 6) is 1.04. The molecular formula is C10H16F3O2P. The van der Waals surface area contributed by atoms with Gasteiger partial charge in [0.25, 0.3) is 0 Å². The fraction of sp³-hybridized carbons (Fsp3) is 0.800. The first-order valence-electron chi connectivity index (χ1n) is 5.36. The number of alkyl halides is 3. The fourth-order valence-corrected chi connectivity index (χ4v) is 3.02. The molecule has 0 saturated heterocycles. The van der Waals surface area contributed by atoms with Gasteiger partial charge < -0.3 is 4.89 Å². The third-order valence-electron chi connectivity index (χ3n) is 2.65. The lowest BCUT2D eigenvalue weighted by atomic mass is 9.90. The van der Waals surface area contributed by atoms with Gasteiger partial charge in [0.2, 0.25) is 7.37 Å². The number of hydrogen-bond acceptors (Lipinski definition) is 1. The van der Waals surface area contributed by atoms with E-state index >= 15 is 0 Å². The molecule has 0 aromatic heterocycles. The average molecular weight is 256 g/mol. The molecule has 6 heteroatoms. The molecule has 1 unspecified atom stereocenters. The molecule has 0 heterocycles. The van der Waals surface area contributed by atoms with Crippen molar-refractivity contribution in [2.75, 3.05) is 6.16 Å². The van der Waals surface area contributed by atoms with E-state index in [1.54, 1.807) is 0 Å². The second-order valence-electron chi connectivity index (χ2n) is 4.27. The standard InChI is InChI=1S/C10H16F3O2P/c11-10(12,13)8-16(14,15)7-6-9-4-2-1-3-5-9/h6-7,9H,1-5,8H2,(H,14,15). The summed E-state index contributed by atoms with van der Waals surface area (Å²) in [4.78, 5) is 9.13. The van der Waals surface area contributed by atoms with Gasteiger partial charge in [-0.05, 0) is 24.6 Å². The highest BCUT2D eigenvalue weighted by atomic mass is 31.2. The van der Waals surface area contributed by atoms with Gasteiger partial charge in [0.05, 0.1) is 0 Å². The van der Waals surface area contributed by atoms with Gasteiger partial charge in [-0.25, -0.2) is 0 Å². The topological polar surface area (TPSA) is 37.3 Å². The smallest absolute Gasteiger partial charge is 0.341 e. The van der Waals surface area contributed by atoms with Gasteiger partial charge in [0.15, 0.2) is 0 Å². The van der Waals surface area contributed by atoms with Crippen LogP contribution in [0, 0.1) is 5.92 Å². The van der Waals surface area contributed by atoms with Gasteiger partial charge in [-0.1, -0.05) is 25.3 Å². The second-order valence-corrected chi connectivity index (χ2v) is 6.39. The summed E-state index contributed by atoms with van der Waals surface area (Å²) in [6, 6.07) is 0. The van der Waals surface area contributed by atoms with Crippen molar-refractivity contribution in [3.63, 3.8) is 0 Å². The van der Waals surface area contributed by atoms with Crippen LogP contribution in [0.15, 0.2) is 11.9 Å². The lowest BCUT2D eigenvalue weighted by molar-refractivity contribution is -0.107. The largest absolute Gasteiger partial charge is 0.398 e. The zero-order chi connectivity index (χ0) is 12.2. The fourth-order valence-electron chi connectivity index (χ4n) is 1.89. The Morgan fingerprint density at radius 2 is 1.81 bits per heavy atom. The first kappa shape index (κ1) is 13.8. The molecule has 0 aliphatic heterocycles. The monoisotopic (exact) mass is 256 g/mol. The molecule has 1 saturated carbocycles. The van der Waals surface area contributed by atoms with Gasteiger partial charge in [0, 0.05) is 0 Å². The van der Waals surface area contributed by atoms with Crippen LogP contribution in [-0.2, 0) is 4.57 Å². The number of hydrogen-bond donors (Lipinski definition) is 1. The zero-order valence-corrected chi connectivity index (χ0v) is 9.81. The Bertz CT molecular complexity index is 293. The minimum atomic E-state index is -4.58. The van der Waals surface area contributed by atoms with E-state index in [-0.39, 0.29) is 5.92 Å². The molecule has 16 heavy (non-hydrogen) atoms. The van der Waals surface area contributed by atoms with Crippen molar-refractivity contribution in [2.24, 2.45) is 5.92 Å². The molecule has 1 fully saturated rings. The molecule has 1 aliphatic rings. The van der Waals surface area contributed by atoms with Crippen LogP contribution in [0.3, 0.4) is 0 Å². The molecule has 1 N–H and O–H groups in total. The summed E-state index contributed by atoms with van der Waals surface area (Å²) >= 11 is 0. The van der Waals surface area contributed by atoms with Crippen LogP contribution in [0.25, 0.3) is 0 Å². The molecule has 1 atom stereocenters. The quantitative estimate of drug-likeness (QED) is 0.777. The summed E-state index contributed by atoms with van der Waals surface area (Å²) in [6.45, 7) is 0. The minimum Gasteiger partial charge on any atom is -0.341 e. The van der Waals surface area contributed by atoms with Crippen molar-refractivity contribution in [2.45, 2.75) is 38.3 Å². The van der Waals surface area contributed by atoms with E-state index in [0.29, 0.717) is 0 Å². The molecule has 1 rings (SSSR count). The minimum absolute atomic E-state index is 0.169. The Balaban J connectivity index is 2.50. The molecule has 94 valence electrons. The van der Waals surface area contributed by atoms with Gasteiger partial charge in [-0.2, -0.15) is 13.2 Å². The van der Waals surface area contributed by atoms with Crippen LogP contribution >= 0.6 is 7.37 Å². The lowest BCUT2D eigenvalue weighted by Gasteiger charge is -2.18. The molecule has 1 aliphatic carbocycles. The van der Waals surface area contributed by atoms with Crippen LogP contribution in [-0.4, -0.2) is 17.2 Å². The van der Waals surface area contributed by atoms with Crippen molar-refractivity contribution in [1.82, 2.24) is 0 Å². The SMILES string of the molecule is O=P(O)(C=CC1CCCCC1)CC(F)(F)F. The number of allylic oxidation sites excluding steroid dienone is 1. The average Bonchev–Trinajstić information content (AvgIpc) is 2.13. The van der Waals surface area contributed by atoms with E-state index in [4.69, 9.17) is 4.89 Å². The molecule has 0 aromatic rings. The Morgan fingerprint density at radius 1 is 1.25 bits per heavy atom. The molecule has 0 bridgehead atoms. The predicted molar refractivity (Wildman–Crippen MR) is 56.5 cm³/mol. The Kier molecular flexibility index (Phi) is 4.62. The maximum Gasteiger partial charge on any atom is 0.398 e. The van der Waals surface area contributed by atoms with E-state index in [0.717, 1.165) is 37.9 Å². The third-order valence-corrected chi connectivity index (χ3v) is 4.10. The Labute approximate surface area is 93.0 Å². The number of halogens is 3. The molecule has 0 aromatic carbocycles. The maximum atomic E-state index is 12.0. The van der Waals surface area contributed by atoms with Crippen LogP contribution < -0.4 is 0 Å². The van der Waals surface area contributed by atoms with Crippen molar-refractivity contribution < 1.29 is 22.6 Å². The second kappa shape index (κ2) is 5.37. The highest BCUT2D eigenvalue weighted by Crippen LogP contribution is 2.47. The summed E-state index contributed by atoms with van der Waals surface area (Å²) in [5, 5.41) is 0. The lowest BCUT2D eigenvalue weighted by Crippen LogP contribution is -2.13. The number of rotatable bonds is 3. The highest BCUT2D eigenvalue weighted by Gasteiger charge is 2.36. The zero-order valence-electron chi connectivity index (χ0n) is 8.91. The first-order valence-corrected chi connectivity index (χ1v) is 7.27. The van der Waals surface area contributed by atoms with Crippen molar-refractivity contribution in [3.05, 3.63) is 11.9 Å². The van der Waals surface area contributed by atoms with Crippen LogP contribution in [0.5, 0.6) is 0 Å². The Hall–Kier alpha value is -0.280. The van der Waals surface area contributed by atoms with Gasteiger partial charge in [0.1, 0.15) is 6.16 Å². The Morgan fingerprint density at radius 3 is 2.31 bits per heavy atom. The van der Waals surface area contributed by atoms with E-state index < -0.39 is 19.7 Å². The first-order chi connectivity index (χ1) is 7.29. The van der Waals surface area contributed by atoms with E-state index in [1.165, 1.54) is 6.08 Å². The molecule has 0 amide bonds. The van der Waals surface area contributed by atoms with Gasteiger partial charge in [-0.15, -0.1) is 0 Å². The van der Waals surface area contributed by atoms with Crippen molar-refractivity contribution in [1.29, 1.82) is 0 Å². The van der Waals surface area contributed by atoms with E-state index in [9.17, 15) is 17.7 Å². The molecule has 2 nitrogen and oxygen atoms in total. The third kappa shape index (κ3) is 5.71. The molecule has 0 spiro atoms. The van der Waals surface area contributed by atoms with Gasteiger partial charge >= 0.3 is 6.18 Å². The van der Waals surface area contributed by atoms with E-state index in [1.807, 2.05) is 0 Å². The van der Waals surface area contributed by atoms with Crippen LogP contribution in [0.4, 0.5) is 13.2 Å².